The van der Waals surface area contributed by atoms with E-state index in [4.69, 9.17) is 0 Å². The number of hydrogen-bond acceptors (Lipinski definition) is 0. The van der Waals surface area contributed by atoms with Crippen LogP contribution < -0.4 is 43.4 Å². The van der Waals surface area contributed by atoms with Crippen molar-refractivity contribution in [2.45, 2.75) is 0 Å². The smallest absolute Gasteiger partial charge is 1.00 e. The third-order valence-corrected chi connectivity index (χ3v) is 0. The minimum absolute atomic E-state index is 0. The first-order valence-electron chi connectivity index (χ1n) is 0.707. The van der Waals surface area contributed by atoms with E-state index in [2.05, 4.69) is 5.73 Å². The van der Waals surface area contributed by atoms with Gasteiger partial charge in [-0.3, -0.25) is 0 Å². The molecular weight excluding hydrogens is 134 g/mol. The standard InChI is InChI=1S/CH5N.Be.4FH.Li.H2O/c1-2;;;;;;;/h2H2,1H3;;4*1H;;1H2/q;+2;;;;;+1;/p-3. The maximum atomic E-state index is 3.25. The zero-order chi connectivity index (χ0) is 2.00. The molecule has 0 aliphatic carbocycles. The van der Waals surface area contributed by atoms with Crippen molar-refractivity contribution in [2.75, 3.05) is 7.05 Å². The van der Waals surface area contributed by atoms with Crippen molar-refractivity contribution in [3.05, 3.63) is 0 Å². The summed E-state index contributed by atoms with van der Waals surface area (Å²) in [6.07, 6.45) is 0. The summed E-state index contributed by atoms with van der Waals surface area (Å²) < 4.78 is 0. The molecule has 9 heavy (non-hydrogen) atoms. The van der Waals surface area contributed by atoms with Crippen LogP contribution in [0.5, 0.6) is 0 Å². The minimum Gasteiger partial charge on any atom is -1.00 e. The van der Waals surface area contributed by atoms with Crippen molar-refractivity contribution in [1.82, 2.24) is 0 Å². The molecule has 0 heterocycles. The van der Waals surface area contributed by atoms with E-state index in [1.54, 1.807) is 7.05 Å². The van der Waals surface area contributed by atoms with Gasteiger partial charge in [-0.1, -0.05) is 0 Å². The first-order valence-corrected chi connectivity index (χ1v) is 0.707. The summed E-state index contributed by atoms with van der Waals surface area (Å²) >= 11 is 0. The molecule has 0 bridgehead atoms. The summed E-state index contributed by atoms with van der Waals surface area (Å²) in [7, 11) is 1.75. The predicted octanol–water partition coefficient (Wildman–Crippen LogP) is -17.3. The number of rotatable bonds is 0. The van der Waals surface area contributed by atoms with E-state index in [1.807, 2.05) is 0 Å². The molecule has 0 aliphatic rings. The van der Waals surface area contributed by atoms with Crippen molar-refractivity contribution in [3.8, 4) is 0 Å². The van der Waals surface area contributed by atoms with Crippen LogP contribution in [-0.4, -0.2) is 22.6 Å². The fraction of sp³-hybridized carbons (Fsp3) is 1.00. The van der Waals surface area contributed by atoms with Gasteiger partial charge in [0.15, 0.2) is 0 Å². The molecule has 0 spiro atoms. The topological polar surface area (TPSA) is 59.1 Å². The zero-order valence-corrected chi connectivity index (χ0v) is 5.43. The predicted molar refractivity (Wildman–Crippen MR) is 18.2 cm³/mol. The Labute approximate surface area is 66.7 Å². The summed E-state index contributed by atoms with van der Waals surface area (Å²) in [4.78, 5) is 0. The SMILES string of the molecule is C[NH3+].O.[Be+2].[F-].[F-].[F-].[F-].[Li+]. The van der Waals surface area contributed by atoms with Crippen LogP contribution >= 0.6 is 0 Å². The van der Waals surface area contributed by atoms with Gasteiger partial charge in [0.1, 0.15) is 0 Å². The monoisotopic (exact) mass is 142 g/mol. The van der Waals surface area contributed by atoms with Gasteiger partial charge in [0.25, 0.3) is 0 Å². The van der Waals surface area contributed by atoms with Gasteiger partial charge in [0, 0.05) is 0 Å². The van der Waals surface area contributed by atoms with Gasteiger partial charge in [0.05, 0.1) is 7.05 Å². The van der Waals surface area contributed by atoms with Crippen molar-refractivity contribution >= 4 is 10.1 Å². The summed E-state index contributed by atoms with van der Waals surface area (Å²) in [5.74, 6) is 0. The Kier molecular flexibility index (Phi) is 104000. The number of hydrogen-bond donors (Lipinski definition) is 1. The van der Waals surface area contributed by atoms with Gasteiger partial charge in [0.2, 0.25) is 0 Å². The molecule has 0 saturated heterocycles. The molecule has 8 heteroatoms. The molecule has 5 N–H and O–H groups in total. The van der Waals surface area contributed by atoms with Crippen LogP contribution in [0.25, 0.3) is 0 Å². The van der Waals surface area contributed by atoms with E-state index >= 15 is 0 Å². The number of quaternary nitrogens is 1. The third-order valence-electron chi connectivity index (χ3n) is 0. The van der Waals surface area contributed by atoms with Crippen LogP contribution in [0.2, 0.25) is 0 Å². The quantitative estimate of drug-likeness (QED) is 0.258. The molecule has 0 unspecified atom stereocenters. The molecule has 2 nitrogen and oxygen atoms in total. The molecule has 0 aromatic carbocycles. The third kappa shape index (κ3) is 2090. The first-order chi connectivity index (χ1) is 1.00. The molecule has 54 valence electrons. The summed E-state index contributed by atoms with van der Waals surface area (Å²) in [5.41, 5.74) is 3.25. The molecule has 0 fully saturated rings. The minimum atomic E-state index is 0. The Morgan fingerprint density at radius 2 is 0.778 bits per heavy atom. The van der Waals surface area contributed by atoms with E-state index in [-0.39, 0.29) is 53.3 Å². The molecule has 0 amide bonds. The van der Waals surface area contributed by atoms with E-state index in [0.717, 1.165) is 0 Å². The van der Waals surface area contributed by atoms with Crippen LogP contribution in [-0.2, 0) is 0 Å². The molecule has 0 aromatic rings. The average Bonchev–Trinajstić information content (AvgIpc) is 1.00. The summed E-state index contributed by atoms with van der Waals surface area (Å²) in [5, 5.41) is 0. The normalized spacial score (nSPS) is 0.667. The van der Waals surface area contributed by atoms with Crippen molar-refractivity contribution in [3.63, 3.8) is 0 Å². The zero-order valence-electron chi connectivity index (χ0n) is 5.43. The Bertz CT molecular complexity index is 20.5. The van der Waals surface area contributed by atoms with Crippen LogP contribution in [0.15, 0.2) is 0 Å². The summed E-state index contributed by atoms with van der Waals surface area (Å²) in [6.45, 7) is 0. The van der Waals surface area contributed by atoms with Crippen LogP contribution in [0.3, 0.4) is 0 Å². The molecular formula is CH8BeF4LiNO. The second-order valence-corrected chi connectivity index (χ2v) is 0. The summed E-state index contributed by atoms with van der Waals surface area (Å²) in [6, 6.07) is 0. The van der Waals surface area contributed by atoms with Gasteiger partial charge in [-0.2, -0.15) is 0 Å². The van der Waals surface area contributed by atoms with Gasteiger partial charge < -0.3 is 30.0 Å². The first kappa shape index (κ1) is 336. The molecule has 0 aliphatic heterocycles. The van der Waals surface area contributed by atoms with Crippen LogP contribution in [0, 0.1) is 0 Å². The van der Waals surface area contributed by atoms with Crippen LogP contribution in [0.1, 0.15) is 0 Å². The largest absolute Gasteiger partial charge is 2.00 e. The molecule has 0 radical (unpaired) electrons. The van der Waals surface area contributed by atoms with Gasteiger partial charge in [-0.05, 0) is 0 Å². The molecule has 0 saturated carbocycles. The van der Waals surface area contributed by atoms with E-state index < -0.39 is 0 Å². The van der Waals surface area contributed by atoms with Crippen molar-refractivity contribution < 1.29 is 48.9 Å². The van der Waals surface area contributed by atoms with Crippen molar-refractivity contribution in [1.29, 1.82) is 0 Å². The van der Waals surface area contributed by atoms with Crippen LogP contribution in [0.4, 0.5) is 0 Å². The Balaban J connectivity index is -0.000000000238. The molecule has 0 rings (SSSR count). The Hall–Kier alpha value is 0.406. The molecule has 0 atom stereocenters. The Morgan fingerprint density at radius 1 is 0.778 bits per heavy atom. The van der Waals surface area contributed by atoms with E-state index in [9.17, 15) is 0 Å². The second kappa shape index (κ2) is 2790. The van der Waals surface area contributed by atoms with Crippen molar-refractivity contribution in [2.24, 2.45) is 0 Å². The number of halogens is 4. The van der Waals surface area contributed by atoms with Gasteiger partial charge in [-0.25, -0.2) is 0 Å². The van der Waals surface area contributed by atoms with Gasteiger partial charge >= 0.3 is 29.0 Å². The maximum Gasteiger partial charge on any atom is 2.00 e. The van der Waals surface area contributed by atoms with E-state index in [0.29, 0.717) is 0 Å². The Morgan fingerprint density at radius 3 is 0.778 bits per heavy atom. The average molecular weight is 142 g/mol. The fourth-order valence-corrected chi connectivity index (χ4v) is 0. The maximum absolute atomic E-state index is 3.25. The molecule has 0 aromatic heterocycles. The van der Waals surface area contributed by atoms with E-state index in [1.165, 1.54) is 0 Å². The fourth-order valence-electron chi connectivity index (χ4n) is 0. The van der Waals surface area contributed by atoms with Gasteiger partial charge in [-0.15, -0.1) is 0 Å². The second-order valence-electron chi connectivity index (χ2n) is 0.